The van der Waals surface area contributed by atoms with Gasteiger partial charge in [0.2, 0.25) is 5.91 Å². The van der Waals surface area contributed by atoms with Gasteiger partial charge in [-0.15, -0.1) is 11.3 Å². The van der Waals surface area contributed by atoms with Crippen LogP contribution >= 0.6 is 11.3 Å². The van der Waals surface area contributed by atoms with E-state index in [4.69, 9.17) is 0 Å². The molecule has 1 unspecified atom stereocenters. The number of carbonyl (C=O) groups is 2. The van der Waals surface area contributed by atoms with E-state index in [-0.39, 0.29) is 18.1 Å². The number of aryl methyl sites for hydroxylation is 1. The molecule has 1 aliphatic heterocycles. The number of thiophene rings is 1. The number of Topliss-reactive ketones (excluding diaryl/α,β-unsaturated/α-hetero) is 1. The Balaban J connectivity index is 1.20. The number of ketones is 1. The predicted molar refractivity (Wildman–Crippen MR) is 152 cm³/mol. The van der Waals surface area contributed by atoms with Crippen molar-refractivity contribution >= 4 is 50.3 Å². The lowest BCUT2D eigenvalue weighted by Crippen LogP contribution is -2.30. The predicted octanol–water partition coefficient (Wildman–Crippen LogP) is 5.77. The van der Waals surface area contributed by atoms with Crippen molar-refractivity contribution in [3.05, 3.63) is 90.8 Å². The summed E-state index contributed by atoms with van der Waals surface area (Å²) in [5.41, 5.74) is 4.24. The minimum Gasteiger partial charge on any atom is -0.341 e. The van der Waals surface area contributed by atoms with E-state index in [0.29, 0.717) is 24.2 Å². The van der Waals surface area contributed by atoms with Crippen LogP contribution in [0.1, 0.15) is 12.0 Å². The van der Waals surface area contributed by atoms with E-state index < -0.39 is 11.7 Å². The van der Waals surface area contributed by atoms with Crippen LogP contribution in [0.5, 0.6) is 0 Å². The number of halogens is 1. The van der Waals surface area contributed by atoms with Gasteiger partial charge in [-0.05, 0) is 48.4 Å². The van der Waals surface area contributed by atoms with Gasteiger partial charge in [0.15, 0.2) is 0 Å². The molecule has 0 aliphatic carbocycles. The van der Waals surface area contributed by atoms with Crippen LogP contribution in [0.3, 0.4) is 0 Å². The van der Waals surface area contributed by atoms with Gasteiger partial charge >= 0.3 is 0 Å². The number of aromatic nitrogens is 3. The molecule has 0 spiro atoms. The molecule has 0 N–H and O–H groups in total. The van der Waals surface area contributed by atoms with Gasteiger partial charge in [-0.2, -0.15) is 0 Å². The number of anilines is 3. The molecule has 196 valence electrons. The molecule has 7 nitrogen and oxygen atoms in total. The summed E-state index contributed by atoms with van der Waals surface area (Å²) < 4.78 is 18.2. The fourth-order valence-electron chi connectivity index (χ4n) is 5.08. The Morgan fingerprint density at radius 2 is 1.92 bits per heavy atom. The van der Waals surface area contributed by atoms with Crippen LogP contribution in [-0.2, 0) is 23.1 Å². The lowest BCUT2D eigenvalue weighted by Gasteiger charge is -2.21. The van der Waals surface area contributed by atoms with Crippen LogP contribution in [0.2, 0.25) is 0 Å². The van der Waals surface area contributed by atoms with Crippen molar-refractivity contribution in [3.63, 3.8) is 0 Å². The Bertz CT molecular complexity index is 1700. The number of benzene rings is 2. The van der Waals surface area contributed by atoms with Crippen LogP contribution in [0.15, 0.2) is 79.4 Å². The van der Waals surface area contributed by atoms with Gasteiger partial charge in [-0.1, -0.05) is 24.3 Å². The first kappa shape index (κ1) is 24.9. The standard InChI is InChI=1S/C30H26FN5O2S/c1-34-17-24(33-18-34)28-16-23-29(39-28)26(10-12-32-23)35(2)25-9-8-19(14-22(25)31)15-27(37)21-11-13-36(30(21)38)20-6-4-3-5-7-20/h3-10,12,14,16-18,21H,11,13,15H2,1-2H3. The molecule has 1 aliphatic rings. The maximum Gasteiger partial charge on any atom is 0.237 e. The monoisotopic (exact) mass is 539 g/mol. The summed E-state index contributed by atoms with van der Waals surface area (Å²) in [7, 11) is 3.74. The van der Waals surface area contributed by atoms with Crippen LogP contribution in [-0.4, -0.2) is 39.8 Å². The molecular formula is C30H26FN5O2S. The van der Waals surface area contributed by atoms with Gasteiger partial charge in [-0.25, -0.2) is 9.37 Å². The van der Waals surface area contributed by atoms with Crippen LogP contribution < -0.4 is 9.80 Å². The first-order valence-corrected chi connectivity index (χ1v) is 13.5. The molecule has 0 saturated carbocycles. The van der Waals surface area contributed by atoms with E-state index in [9.17, 15) is 9.59 Å². The lowest BCUT2D eigenvalue weighted by atomic mass is 9.96. The SMILES string of the molecule is CN(c1ccc(CC(=O)C2CCN(c3ccccc3)C2=O)cc1F)c1ccnc2cc(-c3cn(C)cn3)sc12. The normalized spacial score (nSPS) is 15.3. The minimum atomic E-state index is -0.701. The molecular weight excluding hydrogens is 513 g/mol. The molecule has 0 radical (unpaired) electrons. The van der Waals surface area contributed by atoms with Crippen molar-refractivity contribution in [3.8, 4) is 10.6 Å². The van der Waals surface area contributed by atoms with E-state index >= 15 is 4.39 Å². The molecule has 6 rings (SSSR count). The van der Waals surface area contributed by atoms with E-state index in [2.05, 4.69) is 9.97 Å². The topological polar surface area (TPSA) is 71.3 Å². The number of amides is 1. The maximum atomic E-state index is 15.4. The van der Waals surface area contributed by atoms with Gasteiger partial charge in [0, 0.05) is 45.1 Å². The second-order valence-electron chi connectivity index (χ2n) is 9.73. The first-order valence-electron chi connectivity index (χ1n) is 12.7. The molecule has 1 atom stereocenters. The summed E-state index contributed by atoms with van der Waals surface area (Å²) in [4.78, 5) is 39.3. The second-order valence-corrected chi connectivity index (χ2v) is 10.8. The molecule has 1 saturated heterocycles. The van der Waals surface area contributed by atoms with Crippen molar-refractivity contribution < 1.29 is 14.0 Å². The summed E-state index contributed by atoms with van der Waals surface area (Å²) in [5, 5.41) is 0. The summed E-state index contributed by atoms with van der Waals surface area (Å²) in [5.74, 6) is -1.51. The van der Waals surface area contributed by atoms with E-state index in [0.717, 1.165) is 32.2 Å². The first-order chi connectivity index (χ1) is 18.9. The fraction of sp³-hybridized carbons (Fsp3) is 0.200. The van der Waals surface area contributed by atoms with Crippen molar-refractivity contribution in [1.82, 2.24) is 14.5 Å². The van der Waals surface area contributed by atoms with Crippen LogP contribution in [0, 0.1) is 11.7 Å². The Morgan fingerprint density at radius 1 is 1.10 bits per heavy atom. The highest BCUT2D eigenvalue weighted by atomic mass is 32.1. The summed E-state index contributed by atoms with van der Waals surface area (Å²) in [6.45, 7) is 0.502. The van der Waals surface area contributed by atoms with Crippen LogP contribution in [0.4, 0.5) is 21.5 Å². The zero-order valence-electron chi connectivity index (χ0n) is 21.5. The van der Waals surface area contributed by atoms with Gasteiger partial charge < -0.3 is 14.4 Å². The Kier molecular flexibility index (Phi) is 6.44. The molecule has 2 aromatic carbocycles. The fourth-order valence-corrected chi connectivity index (χ4v) is 6.21. The summed E-state index contributed by atoms with van der Waals surface area (Å²) in [6.07, 6.45) is 5.90. The van der Waals surface area contributed by atoms with Crippen molar-refractivity contribution in [2.24, 2.45) is 13.0 Å². The molecule has 1 fully saturated rings. The summed E-state index contributed by atoms with van der Waals surface area (Å²) >= 11 is 1.56. The lowest BCUT2D eigenvalue weighted by molar-refractivity contribution is -0.130. The Hall–Kier alpha value is -4.37. The maximum absolute atomic E-state index is 15.4. The number of rotatable bonds is 7. The molecule has 1 amide bonds. The third kappa shape index (κ3) is 4.70. The van der Waals surface area contributed by atoms with Gasteiger partial charge in [0.1, 0.15) is 11.6 Å². The smallest absolute Gasteiger partial charge is 0.237 e. The highest BCUT2D eigenvalue weighted by Gasteiger charge is 2.37. The Morgan fingerprint density at radius 3 is 2.67 bits per heavy atom. The number of carbonyl (C=O) groups excluding carboxylic acids is 2. The van der Waals surface area contributed by atoms with Gasteiger partial charge in [0.25, 0.3) is 0 Å². The van der Waals surface area contributed by atoms with Crippen molar-refractivity contribution in [2.45, 2.75) is 12.8 Å². The third-order valence-corrected chi connectivity index (χ3v) is 8.29. The number of hydrogen-bond donors (Lipinski definition) is 0. The largest absolute Gasteiger partial charge is 0.341 e. The Labute approximate surface area is 229 Å². The average Bonchev–Trinajstić information content (AvgIpc) is 3.66. The van der Waals surface area contributed by atoms with E-state index in [1.54, 1.807) is 45.8 Å². The third-order valence-electron chi connectivity index (χ3n) is 7.12. The molecule has 9 heteroatoms. The van der Waals surface area contributed by atoms with E-state index in [1.807, 2.05) is 67.3 Å². The number of hydrogen-bond acceptors (Lipinski definition) is 6. The number of para-hydroxylation sites is 1. The number of fused-ring (bicyclic) bond motifs is 1. The summed E-state index contributed by atoms with van der Waals surface area (Å²) in [6, 6.07) is 18.0. The zero-order chi connectivity index (χ0) is 27.1. The molecule has 0 bridgehead atoms. The second kappa shape index (κ2) is 10.1. The van der Waals surface area contributed by atoms with Crippen molar-refractivity contribution in [2.75, 3.05) is 23.4 Å². The average molecular weight is 540 g/mol. The van der Waals surface area contributed by atoms with Gasteiger partial charge in [0.05, 0.1) is 44.4 Å². The molecule has 4 heterocycles. The van der Waals surface area contributed by atoms with Gasteiger partial charge in [-0.3, -0.25) is 14.6 Å². The molecule has 39 heavy (non-hydrogen) atoms. The highest BCUT2D eigenvalue weighted by molar-refractivity contribution is 7.22. The molecule has 5 aromatic rings. The minimum absolute atomic E-state index is 0.0117. The van der Waals surface area contributed by atoms with E-state index in [1.165, 1.54) is 6.07 Å². The molecule has 3 aromatic heterocycles. The quantitative estimate of drug-likeness (QED) is 0.246. The number of nitrogens with zero attached hydrogens (tertiary/aromatic N) is 5. The number of pyridine rings is 1. The zero-order valence-corrected chi connectivity index (χ0v) is 22.4. The van der Waals surface area contributed by atoms with Crippen molar-refractivity contribution in [1.29, 1.82) is 0 Å². The highest BCUT2D eigenvalue weighted by Crippen LogP contribution is 2.39. The van der Waals surface area contributed by atoms with Crippen LogP contribution in [0.25, 0.3) is 20.8 Å². The number of imidazole rings is 1.